The number of nitrogens with one attached hydrogen (secondary N) is 4. The van der Waals surface area contributed by atoms with Gasteiger partial charge in [-0.1, -0.05) is 0 Å². The summed E-state index contributed by atoms with van der Waals surface area (Å²) in [6, 6.07) is 4.95. The Bertz CT molecular complexity index is 1270. The van der Waals surface area contributed by atoms with Crippen molar-refractivity contribution < 1.29 is 43.1 Å². The molecule has 5 amide bonds. The predicted octanol–water partition coefficient (Wildman–Crippen LogP) is 1.15. The van der Waals surface area contributed by atoms with E-state index in [1.807, 2.05) is 0 Å². The molecule has 16 nitrogen and oxygen atoms in total. The minimum Gasteiger partial charge on any atom is -0.459 e. The van der Waals surface area contributed by atoms with Gasteiger partial charge in [0.1, 0.15) is 23.8 Å². The van der Waals surface area contributed by atoms with Gasteiger partial charge in [0.25, 0.3) is 5.91 Å². The van der Waals surface area contributed by atoms with E-state index in [1.165, 1.54) is 41.2 Å². The van der Waals surface area contributed by atoms with Gasteiger partial charge in [0.2, 0.25) is 24.2 Å². The van der Waals surface area contributed by atoms with Crippen molar-refractivity contribution in [3.63, 3.8) is 0 Å². The molecule has 1 aromatic carbocycles. The molecule has 46 heavy (non-hydrogen) atoms. The number of hydroxylamine groups is 1. The first-order valence-electron chi connectivity index (χ1n) is 14.7. The predicted molar refractivity (Wildman–Crippen MR) is 167 cm³/mol. The monoisotopic (exact) mass is 647 g/mol. The second kappa shape index (κ2) is 16.5. The Morgan fingerprint density at radius 3 is 2.20 bits per heavy atom. The topological polar surface area (TPSA) is 200 Å². The third-order valence-electron chi connectivity index (χ3n) is 6.31. The van der Waals surface area contributed by atoms with Crippen molar-refractivity contribution in [2.24, 2.45) is 0 Å². The molecule has 16 heteroatoms. The largest absolute Gasteiger partial charge is 0.459 e. The highest BCUT2D eigenvalue weighted by Crippen LogP contribution is 2.19. The third kappa shape index (κ3) is 12.0. The van der Waals surface area contributed by atoms with E-state index in [-0.39, 0.29) is 44.1 Å². The lowest BCUT2D eigenvalue weighted by Gasteiger charge is -2.40. The molecular formula is C30H45N7O9. The van der Waals surface area contributed by atoms with Gasteiger partial charge in [0.05, 0.1) is 19.3 Å². The highest BCUT2D eigenvalue weighted by molar-refractivity contribution is 6.00. The van der Waals surface area contributed by atoms with E-state index in [2.05, 4.69) is 16.0 Å². The standard InChI is InChI=1S/C30H45N7O9/c1-29(2,3)45-24(40)18-35-15-16-36(22(26(35)42)9-8-14-32-28(43)46-30(4,5)6)23(39)17-33-25(41)20-10-12-21(13-11-20)37(44-7)27(31)34-19-38/h10-13,19,22H,8-9,14-18H2,1-7H3,(H,32,43)(H,33,41)(H2,31,34,38). The van der Waals surface area contributed by atoms with Crippen LogP contribution in [0.5, 0.6) is 0 Å². The van der Waals surface area contributed by atoms with E-state index in [0.29, 0.717) is 18.5 Å². The summed E-state index contributed by atoms with van der Waals surface area (Å²) >= 11 is 0. The van der Waals surface area contributed by atoms with E-state index in [0.717, 1.165) is 5.06 Å². The number of alkyl carbamates (subject to hydrolysis) is 1. The number of hydrogen-bond donors (Lipinski definition) is 4. The number of hydrogen-bond acceptors (Lipinski definition) is 10. The molecule has 1 aromatic rings. The second-order valence-electron chi connectivity index (χ2n) is 12.3. The molecule has 1 aliphatic rings. The molecule has 0 bridgehead atoms. The SMILES string of the molecule is CON(C(=N)NC=O)c1ccc(C(=O)NCC(=O)N2CCN(CC(=O)OC(C)(C)C)C(=O)C2CCCNC(=O)OC(C)(C)C)cc1. The fourth-order valence-corrected chi connectivity index (χ4v) is 4.45. The lowest BCUT2D eigenvalue weighted by molar-refractivity contribution is -0.163. The molecule has 254 valence electrons. The van der Waals surface area contributed by atoms with Crippen molar-refractivity contribution in [3.8, 4) is 0 Å². The van der Waals surface area contributed by atoms with Crippen LogP contribution in [0.25, 0.3) is 0 Å². The average Bonchev–Trinajstić information content (AvgIpc) is 2.94. The number of carbonyl (C=O) groups is 6. The van der Waals surface area contributed by atoms with E-state index in [9.17, 15) is 28.8 Å². The van der Waals surface area contributed by atoms with Gasteiger partial charge < -0.3 is 29.9 Å². The quantitative estimate of drug-likeness (QED) is 0.0637. The first-order chi connectivity index (χ1) is 21.5. The zero-order valence-corrected chi connectivity index (χ0v) is 27.4. The zero-order chi connectivity index (χ0) is 34.7. The van der Waals surface area contributed by atoms with Crippen molar-refractivity contribution in [2.75, 3.05) is 44.9 Å². The number of anilines is 1. The fourth-order valence-electron chi connectivity index (χ4n) is 4.45. The Kier molecular flexibility index (Phi) is 13.5. The van der Waals surface area contributed by atoms with Gasteiger partial charge >= 0.3 is 12.1 Å². The van der Waals surface area contributed by atoms with Crippen LogP contribution in [-0.4, -0.2) is 109 Å². The Hall–Kier alpha value is -4.73. The maximum atomic E-state index is 13.5. The molecule has 1 atom stereocenters. The number of esters is 1. The Morgan fingerprint density at radius 1 is 1.00 bits per heavy atom. The Balaban J connectivity index is 2.08. The molecule has 4 N–H and O–H groups in total. The molecule has 1 heterocycles. The minimum atomic E-state index is -0.935. The van der Waals surface area contributed by atoms with Crippen LogP contribution in [0.2, 0.25) is 0 Å². The van der Waals surface area contributed by atoms with Gasteiger partial charge in [-0.05, 0) is 78.6 Å². The molecule has 1 saturated heterocycles. The minimum absolute atomic E-state index is 0.0931. The molecule has 1 unspecified atom stereocenters. The maximum absolute atomic E-state index is 13.5. The summed E-state index contributed by atoms with van der Waals surface area (Å²) in [5, 5.41) is 16.2. The maximum Gasteiger partial charge on any atom is 0.407 e. The van der Waals surface area contributed by atoms with Crippen molar-refractivity contribution in [3.05, 3.63) is 29.8 Å². The van der Waals surface area contributed by atoms with Crippen molar-refractivity contribution >= 4 is 47.8 Å². The number of benzene rings is 1. The third-order valence-corrected chi connectivity index (χ3v) is 6.31. The van der Waals surface area contributed by atoms with Gasteiger partial charge in [-0.3, -0.25) is 39.5 Å². The zero-order valence-electron chi connectivity index (χ0n) is 27.4. The number of piperazine rings is 1. The van der Waals surface area contributed by atoms with Crippen LogP contribution in [-0.2, 0) is 33.5 Å². The van der Waals surface area contributed by atoms with Crippen LogP contribution < -0.4 is 21.0 Å². The lowest BCUT2D eigenvalue weighted by Crippen LogP contribution is -2.61. The van der Waals surface area contributed by atoms with Crippen molar-refractivity contribution in [2.45, 2.75) is 71.6 Å². The highest BCUT2D eigenvalue weighted by atomic mass is 16.7. The first kappa shape index (κ1) is 37.5. The molecule has 0 aliphatic carbocycles. The summed E-state index contributed by atoms with van der Waals surface area (Å²) in [5.41, 5.74) is -0.834. The molecule has 2 rings (SSSR count). The summed E-state index contributed by atoms with van der Waals surface area (Å²) in [7, 11) is 1.31. The number of carbonyl (C=O) groups excluding carboxylic acids is 6. The molecule has 0 saturated carbocycles. The summed E-state index contributed by atoms with van der Waals surface area (Å²) in [5.74, 6) is -2.41. The molecule has 0 radical (unpaired) electrons. The average molecular weight is 648 g/mol. The summed E-state index contributed by atoms with van der Waals surface area (Å²) in [4.78, 5) is 82.5. The molecule has 0 aromatic heterocycles. The van der Waals surface area contributed by atoms with E-state index < -0.39 is 53.6 Å². The number of amides is 5. The number of nitrogens with zero attached hydrogens (tertiary/aromatic N) is 3. The fraction of sp³-hybridized carbons (Fsp3) is 0.567. The molecular weight excluding hydrogens is 602 g/mol. The summed E-state index contributed by atoms with van der Waals surface area (Å²) in [6.45, 7) is 10.1. The molecule has 0 spiro atoms. The second-order valence-corrected chi connectivity index (χ2v) is 12.3. The van der Waals surface area contributed by atoms with Gasteiger partial charge in [0, 0.05) is 25.2 Å². The first-order valence-corrected chi connectivity index (χ1v) is 14.7. The molecule has 1 aliphatic heterocycles. The van der Waals surface area contributed by atoms with E-state index >= 15 is 0 Å². The normalized spacial score (nSPS) is 15.0. The number of ether oxygens (including phenoxy) is 2. The van der Waals surface area contributed by atoms with Crippen LogP contribution in [0.3, 0.4) is 0 Å². The van der Waals surface area contributed by atoms with Crippen LogP contribution in [0.1, 0.15) is 64.7 Å². The van der Waals surface area contributed by atoms with Gasteiger partial charge in [-0.15, -0.1) is 0 Å². The van der Waals surface area contributed by atoms with E-state index in [4.69, 9.17) is 19.7 Å². The summed E-state index contributed by atoms with van der Waals surface area (Å²) in [6.07, 6.45) is 0.234. The van der Waals surface area contributed by atoms with Crippen LogP contribution in [0, 0.1) is 5.41 Å². The van der Waals surface area contributed by atoms with Gasteiger partial charge in [0.15, 0.2) is 0 Å². The highest BCUT2D eigenvalue weighted by Gasteiger charge is 2.38. The molecule has 1 fully saturated rings. The Morgan fingerprint density at radius 2 is 1.63 bits per heavy atom. The Labute approximate surface area is 268 Å². The van der Waals surface area contributed by atoms with Crippen LogP contribution in [0.15, 0.2) is 24.3 Å². The summed E-state index contributed by atoms with van der Waals surface area (Å²) < 4.78 is 10.6. The number of guanidine groups is 1. The van der Waals surface area contributed by atoms with Gasteiger partial charge in [-0.25, -0.2) is 4.79 Å². The van der Waals surface area contributed by atoms with Gasteiger partial charge in [-0.2, -0.15) is 5.06 Å². The van der Waals surface area contributed by atoms with Crippen molar-refractivity contribution in [1.82, 2.24) is 25.8 Å². The van der Waals surface area contributed by atoms with Crippen LogP contribution >= 0.6 is 0 Å². The number of rotatable bonds is 12. The lowest BCUT2D eigenvalue weighted by atomic mass is 10.0. The smallest absolute Gasteiger partial charge is 0.407 e. The van der Waals surface area contributed by atoms with Crippen molar-refractivity contribution in [1.29, 1.82) is 5.41 Å². The van der Waals surface area contributed by atoms with E-state index in [1.54, 1.807) is 41.5 Å². The van der Waals surface area contributed by atoms with Crippen LogP contribution in [0.4, 0.5) is 10.5 Å².